The first-order valence-corrected chi connectivity index (χ1v) is 4.85. The van der Waals surface area contributed by atoms with Gasteiger partial charge in [0.1, 0.15) is 0 Å². The van der Waals surface area contributed by atoms with Crippen molar-refractivity contribution in [2.45, 2.75) is 19.3 Å². The lowest BCUT2D eigenvalue weighted by atomic mass is 10.3. The Kier molecular flexibility index (Phi) is 2.30. The monoisotopic (exact) mass is 168 g/mol. The van der Waals surface area contributed by atoms with Crippen molar-refractivity contribution < 1.29 is 4.79 Å². The van der Waals surface area contributed by atoms with Crippen LogP contribution in [0.15, 0.2) is 0 Å². The lowest BCUT2D eigenvalue weighted by Crippen LogP contribution is -2.34. The molecule has 1 aliphatic carbocycles. The number of carbonyl (C=O) groups excluding carboxylic acids is 1. The third kappa shape index (κ3) is 1.97. The molecule has 68 valence electrons. The quantitative estimate of drug-likeness (QED) is 0.639. The number of rotatable bonds is 2. The third-order valence-electron chi connectivity index (χ3n) is 2.60. The maximum absolute atomic E-state index is 11.5. The van der Waals surface area contributed by atoms with Crippen LogP contribution in [0.5, 0.6) is 0 Å². The molecule has 0 aromatic rings. The van der Waals surface area contributed by atoms with E-state index < -0.39 is 0 Å². The number of carbonyl (C=O) groups is 1. The Bertz CT molecular complexity index is 177. The summed E-state index contributed by atoms with van der Waals surface area (Å²) in [7, 11) is 0. The van der Waals surface area contributed by atoms with Crippen LogP contribution in [0.3, 0.4) is 0 Å². The topological polar surface area (TPSA) is 32.3 Å². The maximum atomic E-state index is 11.5. The van der Waals surface area contributed by atoms with Crippen LogP contribution in [-0.4, -0.2) is 37.0 Å². The van der Waals surface area contributed by atoms with Crippen LogP contribution in [0, 0.1) is 5.92 Å². The van der Waals surface area contributed by atoms with Gasteiger partial charge in [-0.1, -0.05) is 0 Å². The second-order valence-electron chi connectivity index (χ2n) is 3.78. The summed E-state index contributed by atoms with van der Waals surface area (Å²) in [5, 5.41) is 3.24. The summed E-state index contributed by atoms with van der Waals surface area (Å²) < 4.78 is 0. The van der Waals surface area contributed by atoms with Crippen LogP contribution in [0.2, 0.25) is 0 Å². The van der Waals surface area contributed by atoms with Crippen molar-refractivity contribution in [3.8, 4) is 0 Å². The van der Waals surface area contributed by atoms with Gasteiger partial charge in [0.2, 0.25) is 5.91 Å². The van der Waals surface area contributed by atoms with Gasteiger partial charge in [0, 0.05) is 32.6 Å². The molecule has 0 unspecified atom stereocenters. The molecule has 1 saturated carbocycles. The predicted octanol–water partition coefficient (Wildman–Crippen LogP) is 0.218. The summed E-state index contributed by atoms with van der Waals surface area (Å²) in [4.78, 5) is 13.5. The molecule has 2 rings (SSSR count). The normalized spacial score (nSPS) is 25.7. The van der Waals surface area contributed by atoms with Crippen molar-refractivity contribution in [1.82, 2.24) is 10.2 Å². The van der Waals surface area contributed by atoms with Crippen LogP contribution >= 0.6 is 0 Å². The number of nitrogens with zero attached hydrogens (tertiary/aromatic N) is 1. The first-order valence-electron chi connectivity index (χ1n) is 4.85. The average molecular weight is 168 g/mol. The second-order valence-corrected chi connectivity index (χ2v) is 3.78. The van der Waals surface area contributed by atoms with Crippen molar-refractivity contribution in [1.29, 1.82) is 0 Å². The molecular weight excluding hydrogens is 152 g/mol. The molecule has 1 aliphatic heterocycles. The largest absolute Gasteiger partial charge is 0.341 e. The Balaban J connectivity index is 1.85. The summed E-state index contributed by atoms with van der Waals surface area (Å²) in [5.74, 6) is 1.17. The Labute approximate surface area is 73.1 Å². The highest BCUT2D eigenvalue weighted by Crippen LogP contribution is 2.29. The molecule has 3 heteroatoms. The fourth-order valence-corrected chi connectivity index (χ4v) is 1.62. The fraction of sp³-hybridized carbons (Fsp3) is 0.889. The molecule has 1 amide bonds. The minimum Gasteiger partial charge on any atom is -0.341 e. The Morgan fingerprint density at radius 1 is 1.42 bits per heavy atom. The maximum Gasteiger partial charge on any atom is 0.223 e. The molecule has 0 atom stereocenters. The number of hydrogen-bond acceptors (Lipinski definition) is 2. The summed E-state index contributed by atoms with van der Waals surface area (Å²) in [5.41, 5.74) is 0. The Morgan fingerprint density at radius 3 is 3.00 bits per heavy atom. The third-order valence-corrected chi connectivity index (χ3v) is 2.60. The molecule has 0 radical (unpaired) electrons. The Morgan fingerprint density at radius 2 is 2.25 bits per heavy atom. The lowest BCUT2D eigenvalue weighted by molar-refractivity contribution is -0.130. The predicted molar refractivity (Wildman–Crippen MR) is 46.8 cm³/mol. The molecule has 0 aromatic carbocycles. The highest BCUT2D eigenvalue weighted by molar-refractivity contribution is 5.76. The SMILES string of the molecule is O=C1CCNCCN1CC1CC1. The van der Waals surface area contributed by atoms with Crippen molar-refractivity contribution in [3.05, 3.63) is 0 Å². The molecule has 1 heterocycles. The summed E-state index contributed by atoms with van der Waals surface area (Å²) >= 11 is 0. The molecule has 0 bridgehead atoms. The van der Waals surface area contributed by atoms with Crippen molar-refractivity contribution in [2.75, 3.05) is 26.2 Å². The van der Waals surface area contributed by atoms with Gasteiger partial charge in [0.05, 0.1) is 0 Å². The summed E-state index contributed by atoms with van der Waals surface area (Å²) in [6.07, 6.45) is 3.35. The van der Waals surface area contributed by atoms with E-state index in [1.165, 1.54) is 12.8 Å². The van der Waals surface area contributed by atoms with E-state index in [2.05, 4.69) is 5.32 Å². The molecule has 2 fully saturated rings. The Hall–Kier alpha value is -0.570. The molecule has 3 nitrogen and oxygen atoms in total. The van der Waals surface area contributed by atoms with E-state index in [0.717, 1.165) is 32.1 Å². The van der Waals surface area contributed by atoms with E-state index >= 15 is 0 Å². The molecule has 2 aliphatic rings. The number of amides is 1. The van der Waals surface area contributed by atoms with Gasteiger partial charge in [-0.15, -0.1) is 0 Å². The summed E-state index contributed by atoms with van der Waals surface area (Å²) in [6.45, 7) is 3.76. The smallest absolute Gasteiger partial charge is 0.223 e. The zero-order valence-electron chi connectivity index (χ0n) is 7.38. The highest BCUT2D eigenvalue weighted by atomic mass is 16.2. The van der Waals surface area contributed by atoms with Crippen molar-refractivity contribution in [2.24, 2.45) is 5.92 Å². The first-order chi connectivity index (χ1) is 5.86. The average Bonchev–Trinajstić information content (AvgIpc) is 2.84. The van der Waals surface area contributed by atoms with Gasteiger partial charge >= 0.3 is 0 Å². The zero-order chi connectivity index (χ0) is 8.39. The van der Waals surface area contributed by atoms with Crippen molar-refractivity contribution >= 4 is 5.91 Å². The fourth-order valence-electron chi connectivity index (χ4n) is 1.62. The molecule has 0 spiro atoms. The minimum absolute atomic E-state index is 0.340. The van der Waals surface area contributed by atoms with Crippen molar-refractivity contribution in [3.63, 3.8) is 0 Å². The molecule has 1 saturated heterocycles. The minimum atomic E-state index is 0.340. The standard InChI is InChI=1S/C9H16N2O/c12-9-3-4-10-5-6-11(9)7-8-1-2-8/h8,10H,1-7H2. The number of nitrogens with one attached hydrogen (secondary N) is 1. The molecule has 1 N–H and O–H groups in total. The van der Waals surface area contributed by atoms with E-state index in [9.17, 15) is 4.79 Å². The van der Waals surface area contributed by atoms with Crippen LogP contribution in [0.4, 0.5) is 0 Å². The van der Waals surface area contributed by atoms with Gasteiger partial charge < -0.3 is 10.2 Å². The van der Waals surface area contributed by atoms with E-state index in [0.29, 0.717) is 12.3 Å². The van der Waals surface area contributed by atoms with Gasteiger partial charge in [0.15, 0.2) is 0 Å². The van der Waals surface area contributed by atoms with Gasteiger partial charge in [-0.05, 0) is 18.8 Å². The summed E-state index contributed by atoms with van der Waals surface area (Å²) in [6, 6.07) is 0. The van der Waals surface area contributed by atoms with Gasteiger partial charge in [0.25, 0.3) is 0 Å². The van der Waals surface area contributed by atoms with Gasteiger partial charge in [-0.25, -0.2) is 0 Å². The number of hydrogen-bond donors (Lipinski definition) is 1. The highest BCUT2D eigenvalue weighted by Gasteiger charge is 2.26. The van der Waals surface area contributed by atoms with E-state index in [4.69, 9.17) is 0 Å². The second kappa shape index (κ2) is 3.44. The van der Waals surface area contributed by atoms with Crippen LogP contribution in [0.1, 0.15) is 19.3 Å². The van der Waals surface area contributed by atoms with E-state index in [1.54, 1.807) is 0 Å². The van der Waals surface area contributed by atoms with E-state index in [-0.39, 0.29) is 0 Å². The van der Waals surface area contributed by atoms with E-state index in [1.807, 2.05) is 4.90 Å². The van der Waals surface area contributed by atoms with Crippen LogP contribution in [0.25, 0.3) is 0 Å². The zero-order valence-corrected chi connectivity index (χ0v) is 7.38. The molecule has 0 aromatic heterocycles. The lowest BCUT2D eigenvalue weighted by Gasteiger charge is -2.19. The van der Waals surface area contributed by atoms with Gasteiger partial charge in [-0.3, -0.25) is 4.79 Å². The molecular formula is C9H16N2O. The van der Waals surface area contributed by atoms with Gasteiger partial charge in [-0.2, -0.15) is 0 Å². The first kappa shape index (κ1) is 8.05. The molecule has 12 heavy (non-hydrogen) atoms. The van der Waals surface area contributed by atoms with Crippen LogP contribution in [-0.2, 0) is 4.79 Å². The van der Waals surface area contributed by atoms with Crippen LogP contribution < -0.4 is 5.32 Å².